The van der Waals surface area contributed by atoms with E-state index in [1.807, 2.05) is 19.1 Å². The average Bonchev–Trinajstić information content (AvgIpc) is 2.87. The summed E-state index contributed by atoms with van der Waals surface area (Å²) in [7, 11) is 0. The van der Waals surface area contributed by atoms with Crippen molar-refractivity contribution in [2.24, 2.45) is 5.84 Å². The molecule has 1 aromatic heterocycles. The molecule has 0 fully saturated rings. The molecule has 0 bridgehead atoms. The SMILES string of the molecule is Cc1cc(Cl)cc(C(Cc2csc3ccccc23)NN)c1. The summed E-state index contributed by atoms with van der Waals surface area (Å²) in [6.07, 6.45) is 0.848. The van der Waals surface area contributed by atoms with E-state index in [1.54, 1.807) is 11.3 Å². The molecule has 1 heterocycles. The zero-order valence-electron chi connectivity index (χ0n) is 11.8. The lowest BCUT2D eigenvalue weighted by atomic mass is 9.98. The Kier molecular flexibility index (Phi) is 4.27. The van der Waals surface area contributed by atoms with Crippen LogP contribution in [0.4, 0.5) is 0 Å². The highest BCUT2D eigenvalue weighted by Crippen LogP contribution is 2.30. The maximum absolute atomic E-state index is 6.16. The number of benzene rings is 2. The van der Waals surface area contributed by atoms with Crippen LogP contribution in [0.25, 0.3) is 10.1 Å². The van der Waals surface area contributed by atoms with Crippen molar-refractivity contribution in [1.29, 1.82) is 0 Å². The number of halogens is 1. The Morgan fingerprint density at radius 3 is 2.81 bits per heavy atom. The standard InChI is InChI=1S/C17H17ClN2S/c1-11-6-12(8-14(18)7-11)16(20-19)9-13-10-21-17-5-3-2-4-15(13)17/h2-8,10,16,20H,9,19H2,1H3. The first-order chi connectivity index (χ1) is 10.2. The summed E-state index contributed by atoms with van der Waals surface area (Å²) in [4.78, 5) is 0. The molecular formula is C17H17ClN2S. The minimum Gasteiger partial charge on any atom is -0.271 e. The summed E-state index contributed by atoms with van der Waals surface area (Å²) in [6, 6.07) is 14.6. The highest BCUT2D eigenvalue weighted by molar-refractivity contribution is 7.17. The number of hydrazine groups is 1. The normalized spacial score (nSPS) is 12.7. The topological polar surface area (TPSA) is 38.0 Å². The molecule has 2 aromatic carbocycles. The summed E-state index contributed by atoms with van der Waals surface area (Å²) in [5.41, 5.74) is 6.51. The van der Waals surface area contributed by atoms with Crippen molar-refractivity contribution in [3.05, 3.63) is 69.6 Å². The van der Waals surface area contributed by atoms with E-state index in [0.29, 0.717) is 0 Å². The molecule has 0 aliphatic rings. The molecule has 0 saturated heterocycles. The molecule has 0 radical (unpaired) electrons. The molecule has 0 saturated carbocycles. The van der Waals surface area contributed by atoms with Crippen LogP contribution in [0.3, 0.4) is 0 Å². The molecular weight excluding hydrogens is 300 g/mol. The monoisotopic (exact) mass is 316 g/mol. The second-order valence-corrected chi connectivity index (χ2v) is 6.59. The van der Waals surface area contributed by atoms with Crippen LogP contribution in [0.5, 0.6) is 0 Å². The minimum atomic E-state index is 0.0559. The summed E-state index contributed by atoms with van der Waals surface area (Å²) >= 11 is 7.93. The van der Waals surface area contributed by atoms with Crippen molar-refractivity contribution >= 4 is 33.0 Å². The Morgan fingerprint density at radius 2 is 2.05 bits per heavy atom. The van der Waals surface area contributed by atoms with Crippen LogP contribution in [-0.2, 0) is 6.42 Å². The number of thiophene rings is 1. The van der Waals surface area contributed by atoms with Crippen molar-refractivity contribution in [3.63, 3.8) is 0 Å². The Hall–Kier alpha value is -1.39. The van der Waals surface area contributed by atoms with Crippen molar-refractivity contribution in [3.8, 4) is 0 Å². The molecule has 2 nitrogen and oxygen atoms in total. The summed E-state index contributed by atoms with van der Waals surface area (Å²) in [5.74, 6) is 5.78. The van der Waals surface area contributed by atoms with E-state index >= 15 is 0 Å². The molecule has 1 atom stereocenters. The third-order valence-corrected chi connectivity index (χ3v) is 4.88. The van der Waals surface area contributed by atoms with Crippen LogP contribution in [0.1, 0.15) is 22.7 Å². The smallest absolute Gasteiger partial charge is 0.0501 e. The van der Waals surface area contributed by atoms with Crippen LogP contribution in [0.2, 0.25) is 5.02 Å². The van der Waals surface area contributed by atoms with E-state index in [1.165, 1.54) is 15.6 Å². The Bertz CT molecular complexity index is 746. The van der Waals surface area contributed by atoms with Crippen LogP contribution < -0.4 is 11.3 Å². The number of fused-ring (bicyclic) bond motifs is 1. The fourth-order valence-corrected chi connectivity index (χ4v) is 3.92. The Balaban J connectivity index is 1.94. The quantitative estimate of drug-likeness (QED) is 0.545. The summed E-state index contributed by atoms with van der Waals surface area (Å²) in [5, 5.41) is 4.27. The van der Waals surface area contributed by atoms with Crippen molar-refractivity contribution in [2.45, 2.75) is 19.4 Å². The molecule has 0 aliphatic carbocycles. The lowest BCUT2D eigenvalue weighted by Crippen LogP contribution is -2.29. The number of nitrogens with one attached hydrogen (secondary N) is 1. The number of aryl methyl sites for hydroxylation is 1. The first kappa shape index (κ1) is 14.5. The van der Waals surface area contributed by atoms with E-state index in [0.717, 1.165) is 22.6 Å². The van der Waals surface area contributed by atoms with Crippen LogP contribution in [0, 0.1) is 6.92 Å². The highest BCUT2D eigenvalue weighted by Gasteiger charge is 2.14. The van der Waals surface area contributed by atoms with Gasteiger partial charge in [0, 0.05) is 9.72 Å². The third-order valence-electron chi connectivity index (χ3n) is 3.65. The molecule has 4 heteroatoms. The van der Waals surface area contributed by atoms with Gasteiger partial charge in [-0.15, -0.1) is 11.3 Å². The van der Waals surface area contributed by atoms with Crippen molar-refractivity contribution in [2.75, 3.05) is 0 Å². The van der Waals surface area contributed by atoms with Gasteiger partial charge in [0.1, 0.15) is 0 Å². The molecule has 0 spiro atoms. The van der Waals surface area contributed by atoms with Gasteiger partial charge >= 0.3 is 0 Å². The van der Waals surface area contributed by atoms with Crippen LogP contribution >= 0.6 is 22.9 Å². The second kappa shape index (κ2) is 6.16. The van der Waals surface area contributed by atoms with Gasteiger partial charge < -0.3 is 0 Å². The van der Waals surface area contributed by atoms with Gasteiger partial charge in [-0.2, -0.15) is 0 Å². The molecule has 3 N–H and O–H groups in total. The van der Waals surface area contributed by atoms with Gasteiger partial charge in [-0.1, -0.05) is 35.9 Å². The van der Waals surface area contributed by atoms with Gasteiger partial charge in [0.15, 0.2) is 0 Å². The fourth-order valence-electron chi connectivity index (χ4n) is 2.65. The predicted octanol–water partition coefficient (Wildman–Crippen LogP) is 4.61. The zero-order valence-corrected chi connectivity index (χ0v) is 13.3. The van der Waals surface area contributed by atoms with Gasteiger partial charge in [0.2, 0.25) is 0 Å². The molecule has 21 heavy (non-hydrogen) atoms. The molecule has 0 aliphatic heterocycles. The summed E-state index contributed by atoms with van der Waals surface area (Å²) < 4.78 is 1.31. The molecule has 3 aromatic rings. The van der Waals surface area contributed by atoms with E-state index in [4.69, 9.17) is 17.4 Å². The van der Waals surface area contributed by atoms with Gasteiger partial charge in [-0.3, -0.25) is 11.3 Å². The fraction of sp³-hybridized carbons (Fsp3) is 0.176. The number of hydrogen-bond acceptors (Lipinski definition) is 3. The summed E-state index contributed by atoms with van der Waals surface area (Å²) in [6.45, 7) is 2.04. The van der Waals surface area contributed by atoms with Crippen molar-refractivity contribution in [1.82, 2.24) is 5.43 Å². The van der Waals surface area contributed by atoms with Gasteiger partial charge in [-0.25, -0.2) is 0 Å². The number of rotatable bonds is 4. The Labute approximate surface area is 133 Å². The Morgan fingerprint density at radius 1 is 1.24 bits per heavy atom. The highest BCUT2D eigenvalue weighted by atomic mass is 35.5. The number of hydrogen-bond donors (Lipinski definition) is 2. The van der Waals surface area contributed by atoms with E-state index in [-0.39, 0.29) is 6.04 Å². The average molecular weight is 317 g/mol. The zero-order chi connectivity index (χ0) is 14.8. The van der Waals surface area contributed by atoms with Gasteiger partial charge in [0.05, 0.1) is 6.04 Å². The van der Waals surface area contributed by atoms with E-state index in [2.05, 4.69) is 41.1 Å². The van der Waals surface area contributed by atoms with Gasteiger partial charge in [-0.05, 0) is 59.0 Å². The maximum Gasteiger partial charge on any atom is 0.0501 e. The maximum atomic E-state index is 6.16. The first-order valence-electron chi connectivity index (χ1n) is 6.85. The van der Waals surface area contributed by atoms with Crippen molar-refractivity contribution < 1.29 is 0 Å². The third kappa shape index (κ3) is 3.11. The first-order valence-corrected chi connectivity index (χ1v) is 8.11. The molecule has 3 rings (SSSR count). The molecule has 1 unspecified atom stereocenters. The minimum absolute atomic E-state index is 0.0559. The second-order valence-electron chi connectivity index (χ2n) is 5.24. The molecule has 0 amide bonds. The number of nitrogens with two attached hydrogens (primary N) is 1. The van der Waals surface area contributed by atoms with E-state index in [9.17, 15) is 0 Å². The van der Waals surface area contributed by atoms with E-state index < -0.39 is 0 Å². The van der Waals surface area contributed by atoms with Crippen LogP contribution in [-0.4, -0.2) is 0 Å². The largest absolute Gasteiger partial charge is 0.271 e. The predicted molar refractivity (Wildman–Crippen MR) is 91.8 cm³/mol. The molecule has 108 valence electrons. The van der Waals surface area contributed by atoms with Gasteiger partial charge in [0.25, 0.3) is 0 Å². The lowest BCUT2D eigenvalue weighted by Gasteiger charge is -2.17. The lowest BCUT2D eigenvalue weighted by molar-refractivity contribution is 0.554. The van der Waals surface area contributed by atoms with Crippen LogP contribution in [0.15, 0.2) is 47.8 Å².